The molecule has 0 bridgehead atoms. The number of nitrogens with zero attached hydrogens (tertiary/aromatic N) is 4. The quantitative estimate of drug-likeness (QED) is 0.0404. The molecule has 1 aromatic rings. The molecular formula is C57H90BFN6O11S. The smallest absolute Gasteiger partial charge is 0.326 e. The maximum atomic E-state index is 14.8. The summed E-state index contributed by atoms with van der Waals surface area (Å²) in [6.07, 6.45) is 4.68. The number of nitrogens with one attached hydrogen (secondary N) is 2. The van der Waals surface area contributed by atoms with Crippen molar-refractivity contribution in [3.8, 4) is 0 Å². The average Bonchev–Trinajstić information content (AvgIpc) is 3.94. The van der Waals surface area contributed by atoms with Gasteiger partial charge in [0, 0.05) is 60.7 Å². The predicted octanol–water partition coefficient (Wildman–Crippen LogP) is 6.44. The van der Waals surface area contributed by atoms with Crippen LogP contribution in [0.15, 0.2) is 24.3 Å². The summed E-state index contributed by atoms with van der Waals surface area (Å²) in [5.41, 5.74) is 0.00204. The van der Waals surface area contributed by atoms with Gasteiger partial charge in [-0.25, -0.2) is 9.18 Å². The molecule has 0 aromatic heterocycles. The molecule has 1 spiro atoms. The van der Waals surface area contributed by atoms with Crippen molar-refractivity contribution < 1.29 is 57.3 Å². The van der Waals surface area contributed by atoms with Gasteiger partial charge < -0.3 is 39.9 Å². The third kappa shape index (κ3) is 17.7. The van der Waals surface area contributed by atoms with E-state index in [0.29, 0.717) is 45.2 Å². The average molecular weight is 1100 g/mol. The Hall–Kier alpha value is -4.56. The fraction of sp³-hybridized carbons (Fsp3) is 0.754. The van der Waals surface area contributed by atoms with Crippen LogP contribution in [0.1, 0.15) is 145 Å². The summed E-state index contributed by atoms with van der Waals surface area (Å²) in [6.45, 7) is 17.6. The van der Waals surface area contributed by atoms with Gasteiger partial charge in [0.15, 0.2) is 0 Å². The summed E-state index contributed by atoms with van der Waals surface area (Å²) < 4.78 is 26.6. The Bertz CT molecular complexity index is 2210. The van der Waals surface area contributed by atoms with Crippen molar-refractivity contribution in [2.75, 3.05) is 47.2 Å². The number of carboxylic acid groups (broad SMARTS) is 1. The number of likely N-dealkylation sites (N-methyl/N-ethyl adjacent to an activating group) is 2. The number of benzene rings is 1. The van der Waals surface area contributed by atoms with Crippen LogP contribution in [-0.2, 0) is 54.3 Å². The molecule has 3 unspecified atom stereocenters. The Morgan fingerprint density at radius 1 is 0.922 bits per heavy atom. The minimum atomic E-state index is -1.41. The van der Waals surface area contributed by atoms with E-state index in [1.165, 1.54) is 54.0 Å². The van der Waals surface area contributed by atoms with Crippen LogP contribution in [0.5, 0.6) is 0 Å². The molecular weight excluding hydrogens is 1010 g/mol. The standard InChI is InChI=1S/C57H90BFN6O11S/c1-14-36(6)49(42(75-12)30-45(67)65-33-57(25-26-57)32-41(65)50(76-13)37(7)51(69)60-40(55(73)74)29-38-21-17-18-22-39(38)59)63(11)54(72)47(34(2)3)61-52(70)48(35(4)5)62(10)44(66)23-16-15-19-27-64-46(68)31-43(53(64)71)77-28-20-24-56(8,9)58/h17-18,21-22,34-37,40-43,47-50H,14-16,19-20,23-33H2,1-13H3,(H,60,69)(H,61,70)(H,73,74)/t36-,37+,40-,41-,42+,43?,47-,48?,49-,50?/m0/s1. The van der Waals surface area contributed by atoms with Gasteiger partial charge in [-0.05, 0) is 79.1 Å². The van der Waals surface area contributed by atoms with E-state index < -0.39 is 71.9 Å². The summed E-state index contributed by atoms with van der Waals surface area (Å²) in [5, 5.41) is 14.9. The second kappa shape index (κ2) is 29.1. The van der Waals surface area contributed by atoms with E-state index >= 15 is 0 Å². The van der Waals surface area contributed by atoms with E-state index in [1.807, 2.05) is 55.4 Å². The highest BCUT2D eigenvalue weighted by atomic mass is 32.2. The molecule has 2 aliphatic heterocycles. The first-order chi connectivity index (χ1) is 36.1. The number of carbonyl (C=O) groups excluding carboxylic acids is 7. The molecule has 1 aromatic carbocycles. The number of rotatable bonds is 32. The molecule has 77 heavy (non-hydrogen) atoms. The monoisotopic (exact) mass is 1100 g/mol. The maximum absolute atomic E-state index is 14.8. The highest BCUT2D eigenvalue weighted by Crippen LogP contribution is 2.56. The number of hydrogen-bond acceptors (Lipinski definition) is 11. The zero-order valence-corrected chi connectivity index (χ0v) is 49.0. The van der Waals surface area contributed by atoms with Crippen LogP contribution in [0, 0.1) is 34.9 Å². The number of imide groups is 1. The summed E-state index contributed by atoms with van der Waals surface area (Å²) >= 11 is 1.50. The fourth-order valence-corrected chi connectivity index (χ4v) is 12.3. The van der Waals surface area contributed by atoms with Crippen LogP contribution in [0.2, 0.25) is 5.31 Å². The molecule has 2 saturated heterocycles. The van der Waals surface area contributed by atoms with E-state index in [0.717, 1.165) is 31.4 Å². The molecule has 10 atom stereocenters. The van der Waals surface area contributed by atoms with Crippen molar-refractivity contribution in [3.63, 3.8) is 0 Å². The van der Waals surface area contributed by atoms with Gasteiger partial charge in [-0.2, -0.15) is 0 Å². The van der Waals surface area contributed by atoms with Crippen molar-refractivity contribution in [1.82, 2.24) is 30.2 Å². The van der Waals surface area contributed by atoms with Gasteiger partial charge in [0.1, 0.15) is 23.9 Å². The number of ether oxygens (including phenoxy) is 2. The number of halogens is 1. The Kier molecular flexibility index (Phi) is 24.5. The molecule has 7 amide bonds. The molecule has 2 heterocycles. The number of carbonyl (C=O) groups is 8. The van der Waals surface area contributed by atoms with Crippen molar-refractivity contribution >= 4 is 66.9 Å². The molecule has 20 heteroatoms. The summed E-state index contributed by atoms with van der Waals surface area (Å²) in [6, 6.07) is 1.34. The Balaban J connectivity index is 1.40. The van der Waals surface area contributed by atoms with Crippen molar-refractivity contribution in [3.05, 3.63) is 35.6 Å². The summed E-state index contributed by atoms with van der Waals surface area (Å²) in [7, 11) is 12.3. The number of hydrogen-bond donors (Lipinski definition) is 3. The second-order valence-electron chi connectivity index (χ2n) is 23.6. The largest absolute Gasteiger partial charge is 0.480 e. The minimum Gasteiger partial charge on any atom is -0.480 e. The molecule has 3 N–H and O–H groups in total. The molecule has 430 valence electrons. The number of thioether (sulfide) groups is 1. The van der Waals surface area contributed by atoms with Gasteiger partial charge in [-0.15, -0.1) is 11.8 Å². The molecule has 4 rings (SSSR count). The highest BCUT2D eigenvalue weighted by Gasteiger charge is 2.56. The van der Waals surface area contributed by atoms with Crippen LogP contribution in [0.4, 0.5) is 4.39 Å². The minimum absolute atomic E-state index is 0.111. The van der Waals surface area contributed by atoms with Gasteiger partial charge in [0.2, 0.25) is 41.4 Å². The van der Waals surface area contributed by atoms with Crippen molar-refractivity contribution in [2.24, 2.45) is 29.1 Å². The Labute approximate surface area is 463 Å². The van der Waals surface area contributed by atoms with Gasteiger partial charge in [0.25, 0.3) is 0 Å². The lowest BCUT2D eigenvalue weighted by molar-refractivity contribution is -0.149. The van der Waals surface area contributed by atoms with Gasteiger partial charge in [-0.1, -0.05) is 105 Å². The van der Waals surface area contributed by atoms with Gasteiger partial charge >= 0.3 is 5.97 Å². The summed E-state index contributed by atoms with van der Waals surface area (Å²) in [5.74, 6) is -5.20. The molecule has 1 aliphatic carbocycles. The van der Waals surface area contributed by atoms with Gasteiger partial charge in [-0.3, -0.25) is 38.5 Å². The molecule has 3 aliphatic rings. The molecule has 2 radical (unpaired) electrons. The van der Waals surface area contributed by atoms with Gasteiger partial charge in [0.05, 0.1) is 49.7 Å². The van der Waals surface area contributed by atoms with Crippen LogP contribution >= 0.6 is 11.8 Å². The highest BCUT2D eigenvalue weighted by molar-refractivity contribution is 8.00. The Morgan fingerprint density at radius 2 is 1.58 bits per heavy atom. The first-order valence-electron chi connectivity index (χ1n) is 27.8. The van der Waals surface area contributed by atoms with E-state index in [4.69, 9.17) is 17.3 Å². The number of amides is 7. The summed E-state index contributed by atoms with van der Waals surface area (Å²) in [4.78, 5) is 115. The van der Waals surface area contributed by atoms with E-state index in [-0.39, 0.29) is 94.5 Å². The molecule has 1 saturated carbocycles. The van der Waals surface area contributed by atoms with Crippen LogP contribution in [-0.4, -0.2) is 175 Å². The van der Waals surface area contributed by atoms with Crippen LogP contribution in [0.3, 0.4) is 0 Å². The number of unbranched alkanes of at least 4 members (excludes halogenated alkanes) is 2. The normalized spacial score (nSPS) is 20.4. The first kappa shape index (κ1) is 65.0. The Morgan fingerprint density at radius 3 is 2.14 bits per heavy atom. The number of methoxy groups -OCH3 is 2. The fourth-order valence-electron chi connectivity index (χ4n) is 11.2. The lowest BCUT2D eigenvalue weighted by atomic mass is 9.70. The van der Waals surface area contributed by atoms with E-state index in [2.05, 4.69) is 10.6 Å². The van der Waals surface area contributed by atoms with E-state index in [1.54, 1.807) is 36.9 Å². The topological polar surface area (TPSA) is 212 Å². The first-order valence-corrected chi connectivity index (χ1v) is 28.9. The zero-order chi connectivity index (χ0) is 57.7. The van der Waals surface area contributed by atoms with Crippen molar-refractivity contribution in [1.29, 1.82) is 0 Å². The third-order valence-electron chi connectivity index (χ3n) is 16.2. The molecule has 17 nitrogen and oxygen atoms in total. The second-order valence-corrected chi connectivity index (χ2v) is 24.9. The van der Waals surface area contributed by atoms with Crippen LogP contribution < -0.4 is 10.6 Å². The number of carboxylic acids is 1. The molecule has 3 fully saturated rings. The lowest BCUT2D eigenvalue weighted by Crippen LogP contribution is -2.60. The lowest BCUT2D eigenvalue weighted by Gasteiger charge is -2.41. The predicted molar refractivity (Wildman–Crippen MR) is 296 cm³/mol. The maximum Gasteiger partial charge on any atom is 0.326 e. The number of likely N-dealkylation sites (tertiary alicyclic amines) is 2. The number of aliphatic carboxylic acids is 1. The van der Waals surface area contributed by atoms with Crippen LogP contribution in [0.25, 0.3) is 0 Å². The zero-order valence-electron chi connectivity index (χ0n) is 48.2. The van der Waals surface area contributed by atoms with Crippen molar-refractivity contribution in [2.45, 2.75) is 199 Å². The van der Waals surface area contributed by atoms with E-state index in [9.17, 15) is 47.9 Å². The third-order valence-corrected chi connectivity index (χ3v) is 17.5. The SMILES string of the molecule is [B]C(C)(C)CCCSC1CC(=O)N(CCCCCC(=O)N(C)C(C(=O)N[C@H](C(=O)N(C)[C@@H]([C@@H](C)CC)[C@@H](CC(=O)N2CC3(CC3)C[C@H]2C(OC)[C@@H](C)C(=O)N[C@@H](Cc2ccccc2F)C(=O)O)OC)C(C)C)C(C)C)C1=O.